The number of methoxy groups -OCH3 is 1. The van der Waals surface area contributed by atoms with Crippen LogP contribution in [-0.2, 0) is 32.4 Å². The molecule has 280 valence electrons. The molecule has 2 aromatic rings. The number of aromatic hydroxyl groups is 1. The lowest BCUT2D eigenvalue weighted by Gasteiger charge is -2.40. The smallest absolute Gasteiger partial charge is 0.409 e. The highest BCUT2D eigenvalue weighted by molar-refractivity contribution is 9.10. The number of likely N-dealkylation sites (tertiary alicyclic amines) is 2. The van der Waals surface area contributed by atoms with Gasteiger partial charge in [0.05, 0.1) is 17.8 Å². The fourth-order valence-electron chi connectivity index (χ4n) is 7.93. The van der Waals surface area contributed by atoms with Gasteiger partial charge in [-0.25, -0.2) is 22.3 Å². The van der Waals surface area contributed by atoms with E-state index >= 15 is 0 Å². The van der Waals surface area contributed by atoms with Crippen LogP contribution in [-0.4, -0.2) is 116 Å². The second-order valence-corrected chi connectivity index (χ2v) is 17.1. The number of hydrogen-bond donors (Lipinski definition) is 2. The maximum absolute atomic E-state index is 12.9. The molecule has 2 N–H and O–H groups in total. The van der Waals surface area contributed by atoms with E-state index in [0.717, 1.165) is 69.3 Å². The zero-order chi connectivity index (χ0) is 36.7. The number of urea groups is 1. The van der Waals surface area contributed by atoms with E-state index in [4.69, 9.17) is 4.74 Å². The Kier molecular flexibility index (Phi) is 13.3. The highest BCUT2D eigenvalue weighted by atomic mass is 79.9. The van der Waals surface area contributed by atoms with Gasteiger partial charge in [-0.2, -0.15) is 0 Å². The Morgan fingerprint density at radius 1 is 0.922 bits per heavy atom. The minimum atomic E-state index is -3.08. The maximum Gasteiger partial charge on any atom is 0.409 e. The SMILES string of the molecule is COC(=O)N1CCC(N2CCc3ccccc3NC2=O)CC1.C[C@H](Cc1ccc(O)c(Br)c1)C(=O)N1CCC(C2CCN(S(C)(=O)=O)CC2)CC1. The number of ether oxygens (including phenoxy) is 1. The summed E-state index contributed by atoms with van der Waals surface area (Å²) in [7, 11) is -1.68. The second kappa shape index (κ2) is 17.4. The Morgan fingerprint density at radius 2 is 1.53 bits per heavy atom. The van der Waals surface area contributed by atoms with Crippen molar-refractivity contribution in [2.24, 2.45) is 17.8 Å². The molecule has 0 aliphatic carbocycles. The minimum absolute atomic E-state index is 0.0403. The summed E-state index contributed by atoms with van der Waals surface area (Å²) >= 11 is 3.33. The molecule has 2 aromatic carbocycles. The van der Waals surface area contributed by atoms with Crippen molar-refractivity contribution < 1.29 is 32.6 Å². The van der Waals surface area contributed by atoms with Crippen LogP contribution < -0.4 is 5.32 Å². The largest absolute Gasteiger partial charge is 0.507 e. The van der Waals surface area contributed by atoms with Gasteiger partial charge in [0.1, 0.15) is 5.75 Å². The molecule has 4 heterocycles. The second-order valence-electron chi connectivity index (χ2n) is 14.3. The number of sulfonamides is 1. The van der Waals surface area contributed by atoms with Crippen molar-refractivity contribution >= 4 is 49.7 Å². The third kappa shape index (κ3) is 10.2. The molecule has 3 fully saturated rings. The monoisotopic (exact) mass is 789 g/mol. The van der Waals surface area contributed by atoms with Crippen LogP contribution >= 0.6 is 15.9 Å². The number of para-hydroxylation sites is 1. The van der Waals surface area contributed by atoms with Gasteiger partial charge in [-0.05, 0) is 108 Å². The molecule has 14 heteroatoms. The fourth-order valence-corrected chi connectivity index (χ4v) is 9.23. The normalized spacial score (nSPS) is 20.4. The average Bonchev–Trinajstić information content (AvgIpc) is 3.30. The predicted octanol–water partition coefficient (Wildman–Crippen LogP) is 5.55. The number of amides is 4. The van der Waals surface area contributed by atoms with Crippen LogP contribution in [0.4, 0.5) is 15.3 Å². The fraction of sp³-hybridized carbons (Fsp3) is 0.595. The van der Waals surface area contributed by atoms with E-state index in [9.17, 15) is 27.9 Å². The van der Waals surface area contributed by atoms with Crippen LogP contribution in [0.15, 0.2) is 46.9 Å². The van der Waals surface area contributed by atoms with Gasteiger partial charge in [-0.15, -0.1) is 0 Å². The first-order valence-electron chi connectivity index (χ1n) is 18.0. The average molecular weight is 791 g/mol. The summed E-state index contributed by atoms with van der Waals surface area (Å²) in [5.41, 5.74) is 3.11. The summed E-state index contributed by atoms with van der Waals surface area (Å²) in [5, 5.41) is 12.6. The van der Waals surface area contributed by atoms with Crippen LogP contribution in [0, 0.1) is 17.8 Å². The van der Waals surface area contributed by atoms with Crippen LogP contribution in [0.2, 0.25) is 0 Å². The number of piperidine rings is 3. The zero-order valence-corrected chi connectivity index (χ0v) is 32.3. The number of fused-ring (bicyclic) bond motifs is 1. The van der Waals surface area contributed by atoms with Gasteiger partial charge in [0.2, 0.25) is 15.9 Å². The third-order valence-corrected chi connectivity index (χ3v) is 12.9. The first-order valence-corrected chi connectivity index (χ1v) is 20.7. The molecule has 0 radical (unpaired) electrons. The minimum Gasteiger partial charge on any atom is -0.507 e. The number of carbonyl (C=O) groups is 3. The summed E-state index contributed by atoms with van der Waals surface area (Å²) in [6.07, 6.45) is 7.96. The molecule has 1 atom stereocenters. The number of benzene rings is 2. The molecule has 4 aliphatic rings. The van der Waals surface area contributed by atoms with Crippen LogP contribution in [0.5, 0.6) is 5.75 Å². The molecule has 0 saturated carbocycles. The van der Waals surface area contributed by atoms with Gasteiger partial charge in [0.15, 0.2) is 0 Å². The number of phenols is 1. The molecule has 0 aromatic heterocycles. The van der Waals surface area contributed by atoms with Crippen LogP contribution in [0.3, 0.4) is 0 Å². The van der Waals surface area contributed by atoms with E-state index in [-0.39, 0.29) is 35.7 Å². The van der Waals surface area contributed by atoms with E-state index < -0.39 is 10.0 Å². The quantitative estimate of drug-likeness (QED) is 0.391. The van der Waals surface area contributed by atoms with E-state index in [0.29, 0.717) is 55.5 Å². The molecule has 12 nitrogen and oxygen atoms in total. The van der Waals surface area contributed by atoms with E-state index in [2.05, 4.69) is 27.3 Å². The Labute approximate surface area is 310 Å². The number of carbonyl (C=O) groups excluding carboxylic acids is 3. The van der Waals surface area contributed by atoms with E-state index in [1.165, 1.54) is 18.9 Å². The third-order valence-electron chi connectivity index (χ3n) is 10.9. The van der Waals surface area contributed by atoms with Crippen LogP contribution in [0.25, 0.3) is 0 Å². The number of nitrogens with one attached hydrogen (secondary N) is 1. The number of halogens is 1. The van der Waals surface area contributed by atoms with Gasteiger partial charge < -0.3 is 29.9 Å². The number of hydrogen-bond acceptors (Lipinski definition) is 7. The molecule has 6 rings (SSSR count). The van der Waals surface area contributed by atoms with E-state index in [1.807, 2.05) is 47.1 Å². The van der Waals surface area contributed by atoms with Crippen molar-refractivity contribution in [2.75, 3.05) is 64.5 Å². The number of anilines is 1. The van der Waals surface area contributed by atoms with Gasteiger partial charge in [-0.1, -0.05) is 31.2 Å². The van der Waals surface area contributed by atoms with Crippen molar-refractivity contribution in [3.63, 3.8) is 0 Å². The van der Waals surface area contributed by atoms with Gasteiger partial charge in [-0.3, -0.25) is 4.79 Å². The molecule has 0 unspecified atom stereocenters. The summed E-state index contributed by atoms with van der Waals surface area (Å²) in [6.45, 7) is 6.78. The van der Waals surface area contributed by atoms with E-state index in [1.54, 1.807) is 15.3 Å². The zero-order valence-electron chi connectivity index (χ0n) is 29.9. The summed E-state index contributed by atoms with van der Waals surface area (Å²) in [4.78, 5) is 42.5. The first kappa shape index (κ1) is 38.9. The Balaban J connectivity index is 0.000000205. The van der Waals surface area contributed by atoms with Crippen molar-refractivity contribution in [1.29, 1.82) is 0 Å². The van der Waals surface area contributed by atoms with Gasteiger partial charge >= 0.3 is 12.1 Å². The Hall–Kier alpha value is -3.36. The Bertz CT molecular complexity index is 1640. The number of nitrogens with zero attached hydrogens (tertiary/aromatic N) is 4. The van der Waals surface area contributed by atoms with Crippen molar-refractivity contribution in [2.45, 2.75) is 64.3 Å². The summed E-state index contributed by atoms with van der Waals surface area (Å²) in [6, 6.07) is 13.4. The standard InChI is InChI=1S/C21H31BrN2O4S.C16H21N3O3/c1-15(13-16-3-4-20(25)19(22)14-16)21(26)23-9-5-17(6-10-23)18-7-11-24(12-8-18)29(2,27)28;1-22-16(21)18-9-7-13(8-10-18)19-11-6-12-4-2-3-5-14(12)17-15(19)20/h3-4,14-15,17-18,25H,5-13H2,1-2H3;2-5,13H,6-11H2,1H3,(H,17,20)/t15-;/m1./s1. The molecular weight excluding hydrogens is 738 g/mol. The molecule has 4 aliphatic heterocycles. The van der Waals surface area contributed by atoms with Crippen molar-refractivity contribution in [1.82, 2.24) is 19.0 Å². The van der Waals surface area contributed by atoms with Gasteiger partial charge in [0, 0.05) is 63.5 Å². The molecular formula is C37H52BrN5O7S. The number of phenolic OH excluding ortho intramolecular Hbond substituents is 1. The molecule has 51 heavy (non-hydrogen) atoms. The summed E-state index contributed by atoms with van der Waals surface area (Å²) < 4.78 is 30.4. The molecule has 3 saturated heterocycles. The van der Waals surface area contributed by atoms with Gasteiger partial charge in [0.25, 0.3) is 0 Å². The van der Waals surface area contributed by atoms with Crippen LogP contribution in [0.1, 0.15) is 56.6 Å². The highest BCUT2D eigenvalue weighted by Crippen LogP contribution is 2.34. The van der Waals surface area contributed by atoms with Crippen molar-refractivity contribution in [3.8, 4) is 5.75 Å². The first-order chi connectivity index (χ1) is 24.3. The lowest BCUT2D eigenvalue weighted by atomic mass is 9.79. The Morgan fingerprint density at radius 3 is 2.14 bits per heavy atom. The maximum atomic E-state index is 12.9. The van der Waals surface area contributed by atoms with Crippen molar-refractivity contribution in [3.05, 3.63) is 58.1 Å². The summed E-state index contributed by atoms with van der Waals surface area (Å²) in [5.74, 6) is 1.46. The molecule has 0 spiro atoms. The molecule has 0 bridgehead atoms. The lowest BCUT2D eigenvalue weighted by molar-refractivity contribution is -0.136. The topological polar surface area (TPSA) is 140 Å². The lowest BCUT2D eigenvalue weighted by Crippen LogP contribution is -2.50. The highest BCUT2D eigenvalue weighted by Gasteiger charge is 2.34. The molecule has 4 amide bonds. The predicted molar refractivity (Wildman–Crippen MR) is 200 cm³/mol. The number of rotatable bonds is 6.